The molecule has 0 aliphatic rings. The maximum Gasteiger partial charge on any atom is 0.387 e. The molecular weight excluding hydrogens is 328 g/mol. The fourth-order valence-corrected chi connectivity index (χ4v) is 2.24. The summed E-state index contributed by atoms with van der Waals surface area (Å²) in [6, 6.07) is 12.6. The van der Waals surface area contributed by atoms with Gasteiger partial charge in [0.1, 0.15) is 0 Å². The molecule has 0 aromatic heterocycles. The zero-order valence-corrected chi connectivity index (χ0v) is 14.1. The van der Waals surface area contributed by atoms with Gasteiger partial charge in [-0.25, -0.2) is 4.99 Å². The van der Waals surface area contributed by atoms with Gasteiger partial charge in [0.25, 0.3) is 0 Å². The molecule has 0 amide bonds. The van der Waals surface area contributed by atoms with E-state index in [0.717, 1.165) is 12.1 Å². The molecule has 0 bridgehead atoms. The lowest BCUT2D eigenvalue weighted by molar-refractivity contribution is -0.0512. The van der Waals surface area contributed by atoms with Gasteiger partial charge < -0.3 is 20.5 Å². The fourth-order valence-electron chi connectivity index (χ4n) is 2.24. The third-order valence-corrected chi connectivity index (χ3v) is 3.48. The van der Waals surface area contributed by atoms with Gasteiger partial charge in [0.15, 0.2) is 17.5 Å². The lowest BCUT2D eigenvalue weighted by atomic mass is 10.1. The first-order valence-corrected chi connectivity index (χ1v) is 7.79. The number of nitrogens with zero attached hydrogens (tertiary/aromatic N) is 1. The van der Waals surface area contributed by atoms with Gasteiger partial charge in [-0.1, -0.05) is 25.1 Å². The first kappa shape index (κ1) is 18.5. The highest BCUT2D eigenvalue weighted by atomic mass is 19.3. The van der Waals surface area contributed by atoms with Crippen molar-refractivity contribution in [2.75, 3.05) is 12.4 Å². The quantitative estimate of drug-likeness (QED) is 0.589. The molecule has 0 fully saturated rings. The lowest BCUT2D eigenvalue weighted by Gasteiger charge is -2.11. The number of nitrogens with one attached hydrogen (secondary N) is 1. The number of aliphatic imine (C=N–C) groups is 1. The second-order valence-electron chi connectivity index (χ2n) is 5.24. The standard InChI is InChI=1S/C18H21F2N3O2/c1-3-12-5-4-6-14(9-12)23-18(21)22-11-13-7-8-15(24-2)16(10-13)25-17(19)20/h4-10,17H,3,11H2,1-2H3,(H3,21,22,23). The topological polar surface area (TPSA) is 68.9 Å². The Balaban J connectivity index is 2.06. The van der Waals surface area contributed by atoms with Gasteiger partial charge in [0.2, 0.25) is 0 Å². The van der Waals surface area contributed by atoms with Crippen LogP contribution < -0.4 is 20.5 Å². The van der Waals surface area contributed by atoms with Crippen LogP contribution in [0.5, 0.6) is 11.5 Å². The first-order valence-electron chi connectivity index (χ1n) is 7.79. The number of hydrogen-bond donors (Lipinski definition) is 2. The Morgan fingerprint density at radius 1 is 1.16 bits per heavy atom. The molecule has 0 aliphatic carbocycles. The maximum absolute atomic E-state index is 12.5. The fraction of sp³-hybridized carbons (Fsp3) is 0.278. The second-order valence-corrected chi connectivity index (χ2v) is 5.24. The average molecular weight is 349 g/mol. The molecule has 2 rings (SSSR count). The molecule has 25 heavy (non-hydrogen) atoms. The van der Waals surface area contributed by atoms with Crippen LogP contribution in [0.15, 0.2) is 47.5 Å². The highest BCUT2D eigenvalue weighted by Gasteiger charge is 2.11. The molecule has 2 aromatic rings. The number of alkyl halides is 2. The first-order chi connectivity index (χ1) is 12.0. The van der Waals surface area contributed by atoms with Gasteiger partial charge in [0, 0.05) is 5.69 Å². The summed E-state index contributed by atoms with van der Waals surface area (Å²) in [4.78, 5) is 4.22. The van der Waals surface area contributed by atoms with Crippen LogP contribution in [0.3, 0.4) is 0 Å². The normalized spacial score (nSPS) is 11.5. The number of hydrogen-bond acceptors (Lipinski definition) is 3. The van der Waals surface area contributed by atoms with Gasteiger partial charge in [-0.3, -0.25) is 0 Å². The number of nitrogens with two attached hydrogens (primary N) is 1. The SMILES string of the molecule is CCc1cccc(NC(N)=NCc2ccc(OC)c(OC(F)F)c2)c1. The molecule has 7 heteroatoms. The number of aryl methyl sites for hydroxylation is 1. The van der Waals surface area contributed by atoms with Gasteiger partial charge in [-0.2, -0.15) is 8.78 Å². The minimum Gasteiger partial charge on any atom is -0.493 e. The summed E-state index contributed by atoms with van der Waals surface area (Å²) in [6.07, 6.45) is 0.922. The van der Waals surface area contributed by atoms with Crippen molar-refractivity contribution >= 4 is 11.6 Å². The number of benzene rings is 2. The van der Waals surface area contributed by atoms with Gasteiger partial charge in [-0.05, 0) is 41.8 Å². The Bertz CT molecular complexity index is 736. The van der Waals surface area contributed by atoms with Crippen molar-refractivity contribution < 1.29 is 18.3 Å². The Morgan fingerprint density at radius 3 is 2.64 bits per heavy atom. The maximum atomic E-state index is 12.5. The minimum absolute atomic E-state index is 0.0348. The average Bonchev–Trinajstić information content (AvgIpc) is 2.60. The Kier molecular flexibility index (Phi) is 6.56. The number of methoxy groups -OCH3 is 1. The summed E-state index contributed by atoms with van der Waals surface area (Å²) in [5, 5.41) is 3.01. The molecule has 2 aromatic carbocycles. The van der Waals surface area contributed by atoms with Crippen LogP contribution in [0.4, 0.5) is 14.5 Å². The molecule has 0 aliphatic heterocycles. The van der Waals surface area contributed by atoms with E-state index in [9.17, 15) is 8.78 Å². The van der Waals surface area contributed by atoms with Crippen LogP contribution in [0.1, 0.15) is 18.1 Å². The van der Waals surface area contributed by atoms with E-state index in [1.54, 1.807) is 12.1 Å². The zero-order valence-electron chi connectivity index (χ0n) is 14.1. The van der Waals surface area contributed by atoms with Crippen molar-refractivity contribution in [1.29, 1.82) is 0 Å². The van der Waals surface area contributed by atoms with Crippen molar-refractivity contribution in [3.05, 3.63) is 53.6 Å². The van der Waals surface area contributed by atoms with E-state index < -0.39 is 6.61 Å². The summed E-state index contributed by atoms with van der Waals surface area (Å²) >= 11 is 0. The molecule has 3 N–H and O–H groups in total. The monoisotopic (exact) mass is 349 g/mol. The molecule has 0 saturated heterocycles. The predicted molar refractivity (Wildman–Crippen MR) is 94.4 cm³/mol. The van der Waals surface area contributed by atoms with Crippen LogP contribution in [-0.4, -0.2) is 19.7 Å². The van der Waals surface area contributed by atoms with Gasteiger partial charge in [0.05, 0.1) is 13.7 Å². The van der Waals surface area contributed by atoms with Crippen molar-refractivity contribution in [3.8, 4) is 11.5 Å². The molecule has 0 radical (unpaired) electrons. The van der Waals surface area contributed by atoms with E-state index in [0.29, 0.717) is 5.56 Å². The Labute approximate surface area is 145 Å². The lowest BCUT2D eigenvalue weighted by Crippen LogP contribution is -2.22. The minimum atomic E-state index is -2.93. The summed E-state index contributed by atoms with van der Waals surface area (Å²) < 4.78 is 34.4. The van der Waals surface area contributed by atoms with E-state index in [1.807, 2.05) is 24.3 Å². The molecule has 0 spiro atoms. The van der Waals surface area contributed by atoms with Crippen LogP contribution in [-0.2, 0) is 13.0 Å². The zero-order chi connectivity index (χ0) is 18.2. The van der Waals surface area contributed by atoms with Crippen LogP contribution in [0, 0.1) is 0 Å². The second kappa shape index (κ2) is 8.86. The summed E-state index contributed by atoms with van der Waals surface area (Å²) in [5.41, 5.74) is 8.58. The molecule has 0 atom stereocenters. The third-order valence-electron chi connectivity index (χ3n) is 3.48. The highest BCUT2D eigenvalue weighted by Crippen LogP contribution is 2.29. The number of ether oxygens (including phenoxy) is 2. The van der Waals surface area contributed by atoms with Crippen molar-refractivity contribution in [1.82, 2.24) is 0 Å². The molecule has 134 valence electrons. The number of rotatable bonds is 7. The van der Waals surface area contributed by atoms with E-state index in [4.69, 9.17) is 10.5 Å². The van der Waals surface area contributed by atoms with Crippen LogP contribution in [0.2, 0.25) is 0 Å². The van der Waals surface area contributed by atoms with E-state index in [1.165, 1.54) is 18.7 Å². The molecule has 0 heterocycles. The van der Waals surface area contributed by atoms with E-state index in [-0.39, 0.29) is 24.0 Å². The van der Waals surface area contributed by atoms with Crippen LogP contribution >= 0.6 is 0 Å². The molecule has 5 nitrogen and oxygen atoms in total. The van der Waals surface area contributed by atoms with Crippen molar-refractivity contribution in [3.63, 3.8) is 0 Å². The Hall–Kier alpha value is -2.83. The van der Waals surface area contributed by atoms with Crippen molar-refractivity contribution in [2.24, 2.45) is 10.7 Å². The molecule has 0 unspecified atom stereocenters. The molecule has 0 saturated carbocycles. The predicted octanol–water partition coefficient (Wildman–Crippen LogP) is 3.79. The summed E-state index contributed by atoms with van der Waals surface area (Å²) in [6.45, 7) is -0.639. The van der Waals surface area contributed by atoms with Crippen LogP contribution in [0.25, 0.3) is 0 Å². The third kappa shape index (κ3) is 5.63. The largest absolute Gasteiger partial charge is 0.493 e. The van der Waals surface area contributed by atoms with Gasteiger partial charge >= 0.3 is 6.61 Å². The van der Waals surface area contributed by atoms with Crippen molar-refractivity contribution in [2.45, 2.75) is 26.5 Å². The molecular formula is C18H21F2N3O2. The smallest absolute Gasteiger partial charge is 0.387 e. The number of anilines is 1. The summed E-state index contributed by atoms with van der Waals surface area (Å²) in [7, 11) is 1.39. The number of halogens is 2. The Morgan fingerprint density at radius 2 is 1.96 bits per heavy atom. The summed E-state index contributed by atoms with van der Waals surface area (Å²) in [5.74, 6) is 0.434. The number of guanidine groups is 1. The van der Waals surface area contributed by atoms with Gasteiger partial charge in [-0.15, -0.1) is 0 Å². The van der Waals surface area contributed by atoms with E-state index in [2.05, 4.69) is 22.0 Å². The van der Waals surface area contributed by atoms with E-state index >= 15 is 0 Å². The highest BCUT2D eigenvalue weighted by molar-refractivity contribution is 5.92.